The van der Waals surface area contributed by atoms with E-state index in [4.69, 9.17) is 0 Å². The molecule has 1 unspecified atom stereocenters. The minimum atomic E-state index is -0.567. The number of hydrogen-bond acceptors (Lipinski definition) is 2. The van der Waals surface area contributed by atoms with Crippen LogP contribution in [-0.4, -0.2) is 23.2 Å². The van der Waals surface area contributed by atoms with E-state index in [0.717, 1.165) is 8.04 Å². The van der Waals surface area contributed by atoms with Gasteiger partial charge in [0.2, 0.25) is 0 Å². The van der Waals surface area contributed by atoms with Crippen molar-refractivity contribution in [3.8, 4) is 0 Å². The summed E-state index contributed by atoms with van der Waals surface area (Å²) >= 11 is 5.47. The second kappa shape index (κ2) is 6.15. The fourth-order valence-electron chi connectivity index (χ4n) is 1.25. The van der Waals surface area contributed by atoms with E-state index < -0.39 is 5.54 Å². The van der Waals surface area contributed by atoms with Gasteiger partial charge in [0.25, 0.3) is 5.91 Å². The topological polar surface area (TPSA) is 49.3 Å². The van der Waals surface area contributed by atoms with E-state index in [1.807, 2.05) is 26.0 Å². The van der Waals surface area contributed by atoms with Crippen molar-refractivity contribution in [2.75, 3.05) is 6.61 Å². The van der Waals surface area contributed by atoms with E-state index in [0.29, 0.717) is 12.0 Å². The summed E-state index contributed by atoms with van der Waals surface area (Å²) in [4.78, 5) is 12.1. The van der Waals surface area contributed by atoms with Gasteiger partial charge in [0, 0.05) is 8.04 Å². The zero-order valence-corrected chi connectivity index (χ0v) is 13.5. The van der Waals surface area contributed by atoms with Crippen LogP contribution in [0, 0.1) is 3.57 Å². The maximum atomic E-state index is 12.1. The number of carbonyl (C=O) groups is 1. The second-order valence-corrected chi connectivity index (χ2v) is 6.23. The van der Waals surface area contributed by atoms with Gasteiger partial charge in [0.05, 0.1) is 17.7 Å². The zero-order chi connectivity index (χ0) is 13.1. The van der Waals surface area contributed by atoms with Gasteiger partial charge in [-0.15, -0.1) is 0 Å². The molecule has 0 saturated carbocycles. The molecule has 1 amide bonds. The summed E-state index contributed by atoms with van der Waals surface area (Å²) < 4.78 is 1.75. The van der Waals surface area contributed by atoms with Gasteiger partial charge in [0.15, 0.2) is 0 Å². The Bertz CT molecular complexity index is 419. The molecular weight excluding hydrogens is 397 g/mol. The van der Waals surface area contributed by atoms with Crippen LogP contribution in [0.4, 0.5) is 0 Å². The maximum Gasteiger partial charge on any atom is 0.252 e. The van der Waals surface area contributed by atoms with E-state index in [1.165, 1.54) is 0 Å². The van der Waals surface area contributed by atoms with Gasteiger partial charge in [-0.05, 0) is 54.1 Å². The van der Waals surface area contributed by atoms with E-state index in [1.54, 1.807) is 6.07 Å². The Labute approximate surface area is 123 Å². The summed E-state index contributed by atoms with van der Waals surface area (Å²) in [5.74, 6) is -0.158. The van der Waals surface area contributed by atoms with Crippen molar-refractivity contribution in [2.45, 2.75) is 25.8 Å². The monoisotopic (exact) mass is 411 g/mol. The quantitative estimate of drug-likeness (QED) is 0.748. The minimum Gasteiger partial charge on any atom is -0.394 e. The number of amides is 1. The van der Waals surface area contributed by atoms with Crippen LogP contribution in [0.3, 0.4) is 0 Å². The summed E-state index contributed by atoms with van der Waals surface area (Å²) in [6.45, 7) is 3.69. The Hall–Kier alpha value is -0.140. The van der Waals surface area contributed by atoms with Gasteiger partial charge in [-0.2, -0.15) is 0 Å². The van der Waals surface area contributed by atoms with Gasteiger partial charge < -0.3 is 10.4 Å². The van der Waals surface area contributed by atoms with Crippen LogP contribution in [-0.2, 0) is 0 Å². The summed E-state index contributed by atoms with van der Waals surface area (Å²) in [6.07, 6.45) is 0.680. The molecule has 3 nitrogen and oxygen atoms in total. The highest BCUT2D eigenvalue weighted by Gasteiger charge is 2.24. The lowest BCUT2D eigenvalue weighted by atomic mass is 9.99. The smallest absolute Gasteiger partial charge is 0.252 e. The molecular formula is C12H15BrINO2. The fourth-order valence-corrected chi connectivity index (χ4v) is 2.19. The molecule has 0 bridgehead atoms. The molecule has 0 heterocycles. The molecule has 94 valence electrons. The van der Waals surface area contributed by atoms with Gasteiger partial charge in [-0.3, -0.25) is 4.79 Å². The average Bonchev–Trinajstić information content (AvgIpc) is 2.32. The highest BCUT2D eigenvalue weighted by molar-refractivity contribution is 14.1. The average molecular weight is 412 g/mol. The molecule has 1 rings (SSSR count). The molecule has 0 saturated heterocycles. The first kappa shape index (κ1) is 14.9. The van der Waals surface area contributed by atoms with E-state index in [2.05, 4.69) is 43.8 Å². The van der Waals surface area contributed by atoms with Crippen LogP contribution in [0.25, 0.3) is 0 Å². The lowest BCUT2D eigenvalue weighted by molar-refractivity contribution is 0.0846. The Balaban J connectivity index is 2.94. The molecule has 0 spiro atoms. The molecule has 17 heavy (non-hydrogen) atoms. The van der Waals surface area contributed by atoms with E-state index >= 15 is 0 Å². The summed E-state index contributed by atoms with van der Waals surface area (Å²) in [7, 11) is 0. The lowest BCUT2D eigenvalue weighted by Crippen LogP contribution is -2.48. The highest BCUT2D eigenvalue weighted by Crippen LogP contribution is 2.19. The van der Waals surface area contributed by atoms with Gasteiger partial charge in [-0.25, -0.2) is 0 Å². The molecule has 0 aliphatic heterocycles. The molecule has 1 aromatic rings. The van der Waals surface area contributed by atoms with Crippen LogP contribution in [0.5, 0.6) is 0 Å². The van der Waals surface area contributed by atoms with Gasteiger partial charge in [0.1, 0.15) is 0 Å². The fraction of sp³-hybridized carbons (Fsp3) is 0.417. The predicted molar refractivity (Wildman–Crippen MR) is 80.1 cm³/mol. The van der Waals surface area contributed by atoms with Crippen molar-refractivity contribution in [3.63, 3.8) is 0 Å². The third-order valence-corrected chi connectivity index (χ3v) is 4.15. The molecule has 0 fully saturated rings. The molecule has 0 aromatic heterocycles. The van der Waals surface area contributed by atoms with Crippen molar-refractivity contribution >= 4 is 44.4 Å². The first-order chi connectivity index (χ1) is 7.91. The van der Waals surface area contributed by atoms with E-state index in [9.17, 15) is 9.90 Å². The van der Waals surface area contributed by atoms with Crippen LogP contribution < -0.4 is 5.32 Å². The normalized spacial score (nSPS) is 14.2. The molecule has 2 N–H and O–H groups in total. The Kier molecular flexibility index (Phi) is 5.40. The Morgan fingerprint density at radius 3 is 2.76 bits per heavy atom. The third kappa shape index (κ3) is 3.93. The molecule has 1 atom stereocenters. The number of halogens is 2. The van der Waals surface area contributed by atoms with Gasteiger partial charge in [-0.1, -0.05) is 22.9 Å². The van der Waals surface area contributed by atoms with Crippen LogP contribution in [0.1, 0.15) is 30.6 Å². The summed E-state index contributed by atoms with van der Waals surface area (Å²) in [6, 6.07) is 5.55. The van der Waals surface area contributed by atoms with Crippen molar-refractivity contribution in [1.29, 1.82) is 0 Å². The number of benzene rings is 1. The molecule has 0 aliphatic rings. The number of hydrogen-bond donors (Lipinski definition) is 2. The third-order valence-electron chi connectivity index (χ3n) is 2.72. The number of aliphatic hydroxyl groups excluding tert-OH is 1. The van der Waals surface area contributed by atoms with Crippen molar-refractivity contribution in [2.24, 2.45) is 0 Å². The van der Waals surface area contributed by atoms with Crippen LogP contribution in [0.2, 0.25) is 0 Å². The molecule has 0 radical (unpaired) electrons. The maximum absolute atomic E-state index is 12.1. The number of rotatable bonds is 4. The number of carbonyl (C=O) groups excluding carboxylic acids is 1. The summed E-state index contributed by atoms with van der Waals surface area (Å²) in [5, 5.41) is 12.1. The van der Waals surface area contributed by atoms with Gasteiger partial charge >= 0.3 is 0 Å². The van der Waals surface area contributed by atoms with E-state index in [-0.39, 0.29) is 12.5 Å². The second-order valence-electron chi connectivity index (χ2n) is 4.15. The van der Waals surface area contributed by atoms with Crippen molar-refractivity contribution in [3.05, 3.63) is 31.8 Å². The Morgan fingerprint density at radius 2 is 2.24 bits per heavy atom. The lowest BCUT2D eigenvalue weighted by Gasteiger charge is -2.27. The SMILES string of the molecule is CCC(C)(CO)NC(=O)c1cc(Br)ccc1I. The molecule has 5 heteroatoms. The molecule has 0 aliphatic carbocycles. The first-order valence-corrected chi connectivity index (χ1v) is 7.17. The largest absolute Gasteiger partial charge is 0.394 e. The highest BCUT2D eigenvalue weighted by atomic mass is 127. The van der Waals surface area contributed by atoms with Crippen LogP contribution >= 0.6 is 38.5 Å². The standard InChI is InChI=1S/C12H15BrINO2/c1-3-12(2,7-16)15-11(17)9-6-8(13)4-5-10(9)14/h4-6,16H,3,7H2,1-2H3,(H,15,17). The Morgan fingerprint density at radius 1 is 1.59 bits per heavy atom. The number of aliphatic hydroxyl groups is 1. The van der Waals surface area contributed by atoms with Crippen molar-refractivity contribution < 1.29 is 9.90 Å². The minimum absolute atomic E-state index is 0.0696. The number of nitrogens with one attached hydrogen (secondary N) is 1. The van der Waals surface area contributed by atoms with Crippen LogP contribution in [0.15, 0.2) is 22.7 Å². The van der Waals surface area contributed by atoms with Crippen molar-refractivity contribution in [1.82, 2.24) is 5.32 Å². The first-order valence-electron chi connectivity index (χ1n) is 5.30. The zero-order valence-electron chi connectivity index (χ0n) is 9.76. The molecule has 1 aromatic carbocycles. The predicted octanol–water partition coefficient (Wildman–Crippen LogP) is 2.94. The summed E-state index contributed by atoms with van der Waals surface area (Å²) in [5.41, 5.74) is 0.0516.